The third kappa shape index (κ3) is 22.6. The molecule has 0 aromatic carbocycles. The highest BCUT2D eigenvalue weighted by molar-refractivity contribution is 6.00. The first-order chi connectivity index (χ1) is 41.0. The fraction of sp³-hybridized carbons (Fsp3) is 0.803. The average Bonchev–Trinajstić information content (AvgIpc) is 1.46. The van der Waals surface area contributed by atoms with Gasteiger partial charge in [-0.3, -0.25) is 52.7 Å². The van der Waals surface area contributed by atoms with Crippen LogP contribution in [0.5, 0.6) is 0 Å². The standard InChI is InChI=1S/C66H119N11O12/c1-27-29-30-43(17)55(78)54-59(82)69-46(28-2)61(84)74(23)50(34-39(9)10)62(85)71(20)48(32-37(5)6)58(81)70-52(41(13)14)65(88)72(21)47(31-36(3)4)57(80)67-44(18)56(79)68-45(19)60(83)73(22)49(33-38(7)8)63(86)75(24)51(35-40(11)12)64(87)76(25)53(42(15)16)66(89)77(54)26/h27,29,36-55,78H,28,30-35H2,1-26H3,(H,67,80)(H,68,79)(H,69,82)(H,70,81)/b29-27+/t43?,44-,45+,46-,47-,48-,49-,50-,51-,52-,53-,54-,55+/m0/s1. The highest BCUT2D eigenvalue weighted by atomic mass is 16.3. The number of hydrogen-bond acceptors (Lipinski definition) is 12. The molecule has 0 spiro atoms. The maximum absolute atomic E-state index is 15.3. The summed E-state index contributed by atoms with van der Waals surface area (Å²) in [7, 11) is 10.1. The van der Waals surface area contributed by atoms with Crippen LogP contribution >= 0.6 is 0 Å². The second-order valence-corrected chi connectivity index (χ2v) is 27.9. The molecule has 0 aromatic rings. The SMILES string of the molecule is C/C=C/CC(C)[C@@H](O)[C@H]1C(=O)N[C@@H](CC)C(=O)N(C)[C@@H](CC(C)C)C(=O)N(C)[C@@H](CC(C)C)C(=O)N[C@@H](C(C)C)C(=O)N(C)[C@@H](CC(C)C)C(=O)N[C@@H](C)C(=O)N[C@H](C)C(=O)N(C)[C@@H](CC(C)C)C(=O)N(C)[C@@H](CC(C)C)C(=O)N(C)[C@@H](C(C)C)C(=O)N1C. The summed E-state index contributed by atoms with van der Waals surface area (Å²) in [4.78, 5) is 172. The number of likely N-dealkylation sites (N-methyl/N-ethyl adjacent to an activating group) is 7. The van der Waals surface area contributed by atoms with Crippen molar-refractivity contribution in [2.24, 2.45) is 47.3 Å². The van der Waals surface area contributed by atoms with Gasteiger partial charge in [0.05, 0.1) is 6.10 Å². The highest BCUT2D eigenvalue weighted by Crippen LogP contribution is 2.26. The van der Waals surface area contributed by atoms with E-state index in [1.54, 1.807) is 47.6 Å². The van der Waals surface area contributed by atoms with Crippen molar-refractivity contribution in [3.63, 3.8) is 0 Å². The summed E-state index contributed by atoms with van der Waals surface area (Å²) in [5, 5.41) is 23.4. The third-order valence-electron chi connectivity index (χ3n) is 17.1. The Bertz CT molecular complexity index is 2430. The molecule has 0 aliphatic carbocycles. The van der Waals surface area contributed by atoms with Crippen LogP contribution in [0, 0.1) is 47.3 Å². The first-order valence-electron chi connectivity index (χ1n) is 32.4. The first kappa shape index (κ1) is 80.9. The van der Waals surface area contributed by atoms with Gasteiger partial charge in [0.15, 0.2) is 0 Å². The van der Waals surface area contributed by atoms with Crippen LogP contribution in [0.1, 0.15) is 176 Å². The van der Waals surface area contributed by atoms with Gasteiger partial charge in [0.1, 0.15) is 66.5 Å². The number of allylic oxidation sites excluding steroid dienone is 2. The van der Waals surface area contributed by atoms with Gasteiger partial charge in [-0.2, -0.15) is 0 Å². The van der Waals surface area contributed by atoms with Crippen LogP contribution in [0.4, 0.5) is 0 Å². The fourth-order valence-corrected chi connectivity index (χ4v) is 11.5. The molecule has 1 saturated heterocycles. The summed E-state index contributed by atoms with van der Waals surface area (Å²) in [6.07, 6.45) is 3.17. The number of nitrogens with one attached hydrogen (secondary N) is 4. The number of aliphatic hydroxyl groups is 1. The molecule has 23 heteroatoms. The van der Waals surface area contributed by atoms with Crippen molar-refractivity contribution in [2.45, 2.75) is 249 Å². The molecule has 1 aliphatic heterocycles. The van der Waals surface area contributed by atoms with Gasteiger partial charge >= 0.3 is 0 Å². The molecule has 510 valence electrons. The van der Waals surface area contributed by atoms with Crippen LogP contribution in [0.2, 0.25) is 0 Å². The average molecular weight is 1260 g/mol. The van der Waals surface area contributed by atoms with E-state index in [0.717, 1.165) is 4.90 Å². The fourth-order valence-electron chi connectivity index (χ4n) is 11.5. The Labute approximate surface area is 534 Å². The maximum atomic E-state index is 15.3. The first-order valence-corrected chi connectivity index (χ1v) is 32.4. The van der Waals surface area contributed by atoms with Crippen LogP contribution in [0.25, 0.3) is 0 Å². The molecule has 1 fully saturated rings. The molecule has 0 radical (unpaired) electrons. The molecule has 0 aromatic heterocycles. The normalized spacial score (nSPS) is 27.1. The Balaban J connectivity index is 4.48. The van der Waals surface area contributed by atoms with Crippen molar-refractivity contribution < 1.29 is 57.8 Å². The molecule has 1 unspecified atom stereocenters. The third-order valence-corrected chi connectivity index (χ3v) is 17.1. The van der Waals surface area contributed by atoms with Crippen LogP contribution in [-0.2, 0) is 52.7 Å². The van der Waals surface area contributed by atoms with Crippen LogP contribution < -0.4 is 21.3 Å². The summed E-state index contributed by atoms with van der Waals surface area (Å²) in [5.41, 5.74) is 0. The lowest BCUT2D eigenvalue weighted by molar-refractivity contribution is -0.157. The molecule has 23 nitrogen and oxygen atoms in total. The summed E-state index contributed by atoms with van der Waals surface area (Å²) in [6.45, 7) is 33.8. The molecular weight excluding hydrogens is 1140 g/mol. The molecule has 13 atom stereocenters. The van der Waals surface area contributed by atoms with Crippen molar-refractivity contribution in [1.82, 2.24) is 55.6 Å². The van der Waals surface area contributed by atoms with Crippen molar-refractivity contribution in [2.75, 3.05) is 49.3 Å². The summed E-state index contributed by atoms with van der Waals surface area (Å²) in [5.74, 6) is -9.83. The Morgan fingerprint density at radius 3 is 1.13 bits per heavy atom. The van der Waals surface area contributed by atoms with E-state index in [2.05, 4.69) is 21.3 Å². The van der Waals surface area contributed by atoms with E-state index in [4.69, 9.17) is 0 Å². The van der Waals surface area contributed by atoms with Gasteiger partial charge in [-0.25, -0.2) is 0 Å². The Kier molecular flexibility index (Phi) is 33.3. The molecule has 1 heterocycles. The molecule has 1 rings (SSSR count). The second-order valence-electron chi connectivity index (χ2n) is 27.9. The number of carbonyl (C=O) groups excluding carboxylic acids is 11. The van der Waals surface area contributed by atoms with Gasteiger partial charge in [0, 0.05) is 49.3 Å². The van der Waals surface area contributed by atoms with Crippen LogP contribution in [0.3, 0.4) is 0 Å². The van der Waals surface area contributed by atoms with Gasteiger partial charge in [0.2, 0.25) is 65.0 Å². The molecule has 89 heavy (non-hydrogen) atoms. The topological polar surface area (TPSA) is 279 Å². The van der Waals surface area contributed by atoms with E-state index in [1.807, 2.05) is 82.2 Å². The minimum Gasteiger partial charge on any atom is -0.390 e. The molecule has 0 bridgehead atoms. The van der Waals surface area contributed by atoms with E-state index in [0.29, 0.717) is 6.42 Å². The molecule has 5 N–H and O–H groups in total. The van der Waals surface area contributed by atoms with Gasteiger partial charge in [0.25, 0.3) is 0 Å². The van der Waals surface area contributed by atoms with Crippen molar-refractivity contribution in [3.8, 4) is 0 Å². The van der Waals surface area contributed by atoms with Crippen LogP contribution in [0.15, 0.2) is 12.2 Å². The van der Waals surface area contributed by atoms with Crippen molar-refractivity contribution in [3.05, 3.63) is 12.2 Å². The Morgan fingerprint density at radius 1 is 0.393 bits per heavy atom. The summed E-state index contributed by atoms with van der Waals surface area (Å²) >= 11 is 0. The zero-order chi connectivity index (χ0) is 69.1. The van der Waals surface area contributed by atoms with Gasteiger partial charge in [-0.15, -0.1) is 0 Å². The lowest BCUT2D eigenvalue weighted by Gasteiger charge is -2.41. The zero-order valence-electron chi connectivity index (χ0n) is 59.2. The van der Waals surface area contributed by atoms with Gasteiger partial charge < -0.3 is 60.7 Å². The van der Waals surface area contributed by atoms with Crippen molar-refractivity contribution >= 4 is 65.0 Å². The van der Waals surface area contributed by atoms with E-state index < -0.39 is 155 Å². The number of aliphatic hydroxyl groups excluding tert-OH is 1. The zero-order valence-corrected chi connectivity index (χ0v) is 59.2. The molecular formula is C66H119N11O12. The second kappa shape index (κ2) is 36.6. The highest BCUT2D eigenvalue weighted by Gasteiger charge is 2.46. The van der Waals surface area contributed by atoms with E-state index in [9.17, 15) is 33.9 Å². The summed E-state index contributed by atoms with van der Waals surface area (Å²) in [6, 6.07) is -13.6. The van der Waals surface area contributed by atoms with E-state index >= 15 is 24.0 Å². The minimum absolute atomic E-state index is 0.0173. The number of rotatable bonds is 17. The summed E-state index contributed by atoms with van der Waals surface area (Å²) < 4.78 is 0. The molecule has 1 aliphatic rings. The minimum atomic E-state index is -1.62. The quantitative estimate of drug-likeness (QED) is 0.124. The predicted molar refractivity (Wildman–Crippen MR) is 347 cm³/mol. The van der Waals surface area contributed by atoms with Crippen LogP contribution in [-0.4, -0.2) is 226 Å². The Morgan fingerprint density at radius 2 is 0.742 bits per heavy atom. The predicted octanol–water partition coefficient (Wildman–Crippen LogP) is 4.68. The largest absolute Gasteiger partial charge is 0.390 e. The smallest absolute Gasteiger partial charge is 0.246 e. The number of carbonyl (C=O) groups is 11. The number of amides is 11. The maximum Gasteiger partial charge on any atom is 0.246 e. The van der Waals surface area contributed by atoms with Gasteiger partial charge in [-0.1, -0.05) is 123 Å². The Hall–Kier alpha value is -6.13. The van der Waals surface area contributed by atoms with Crippen molar-refractivity contribution in [1.29, 1.82) is 0 Å². The van der Waals surface area contributed by atoms with E-state index in [1.165, 1.54) is 92.6 Å². The lowest BCUT2D eigenvalue weighted by Crippen LogP contribution is -2.64. The lowest BCUT2D eigenvalue weighted by atomic mass is 9.91. The number of nitrogens with zero attached hydrogens (tertiary/aromatic N) is 7. The number of hydrogen-bond donors (Lipinski definition) is 5. The molecule has 11 amide bonds. The monoisotopic (exact) mass is 1260 g/mol. The molecule has 0 saturated carbocycles. The van der Waals surface area contributed by atoms with Gasteiger partial charge in [-0.05, 0) is 113 Å². The van der Waals surface area contributed by atoms with E-state index in [-0.39, 0.29) is 68.1 Å².